The average Bonchev–Trinajstić information content (AvgIpc) is 3.01. The van der Waals surface area contributed by atoms with Gasteiger partial charge in [-0.05, 0) is 38.5 Å². The topological polar surface area (TPSA) is 72.8 Å². The molecular weight excluding hydrogens is 536 g/mol. The second kappa shape index (κ2) is 35.1. The zero-order valence-electron chi connectivity index (χ0n) is 28.7. The monoisotopic (exact) mass is 609 g/mol. The van der Waals surface area contributed by atoms with Gasteiger partial charge in [0.1, 0.15) is 19.3 Å². The van der Waals surface area contributed by atoms with Crippen LogP contribution in [0.25, 0.3) is 0 Å². The lowest BCUT2D eigenvalue weighted by molar-refractivity contribution is -0.152. The zero-order chi connectivity index (χ0) is 31.5. The van der Waals surface area contributed by atoms with E-state index in [1.54, 1.807) is 0 Å². The van der Waals surface area contributed by atoms with Crippen molar-refractivity contribution in [1.29, 1.82) is 0 Å². The van der Waals surface area contributed by atoms with Crippen LogP contribution >= 0.6 is 0 Å². The predicted octanol–water partition coefficient (Wildman–Crippen LogP) is 11.3. The molecule has 1 N–H and O–H groups in total. The lowest BCUT2D eigenvalue weighted by Crippen LogP contribution is -2.25. The van der Waals surface area contributed by atoms with Gasteiger partial charge in [-0.2, -0.15) is 0 Å². The van der Waals surface area contributed by atoms with Crippen molar-refractivity contribution in [3.05, 3.63) is 12.2 Å². The van der Waals surface area contributed by atoms with Crippen LogP contribution in [0, 0.1) is 0 Å². The largest absolute Gasteiger partial charge is 0.463 e. The molecule has 0 saturated heterocycles. The molecule has 5 nitrogen and oxygen atoms in total. The highest BCUT2D eigenvalue weighted by atomic mass is 16.6. The van der Waals surface area contributed by atoms with Gasteiger partial charge >= 0.3 is 11.9 Å². The van der Waals surface area contributed by atoms with Crippen molar-refractivity contribution in [3.63, 3.8) is 0 Å². The lowest BCUT2D eigenvalue weighted by atomic mass is 10.0. The number of esters is 2. The Bertz CT molecular complexity index is 617. The van der Waals surface area contributed by atoms with Crippen LogP contribution in [0.1, 0.15) is 200 Å². The van der Waals surface area contributed by atoms with Gasteiger partial charge in [0.15, 0.2) is 0 Å². The Labute approximate surface area is 267 Å². The van der Waals surface area contributed by atoms with E-state index in [0.717, 1.165) is 32.1 Å². The van der Waals surface area contributed by atoms with Crippen LogP contribution in [0.15, 0.2) is 12.2 Å². The van der Waals surface area contributed by atoms with E-state index in [1.807, 2.05) is 0 Å². The summed E-state index contributed by atoms with van der Waals surface area (Å²) < 4.78 is 10.3. The van der Waals surface area contributed by atoms with Crippen LogP contribution in [-0.4, -0.2) is 36.4 Å². The molecule has 1 atom stereocenters. The van der Waals surface area contributed by atoms with Crippen LogP contribution < -0.4 is 0 Å². The Hall–Kier alpha value is -1.36. The van der Waals surface area contributed by atoms with Gasteiger partial charge in [-0.3, -0.25) is 9.59 Å². The number of hydrogen-bond donors (Lipinski definition) is 1. The predicted molar refractivity (Wildman–Crippen MR) is 182 cm³/mol. The summed E-state index contributed by atoms with van der Waals surface area (Å²) in [6, 6.07) is 0. The fourth-order valence-electron chi connectivity index (χ4n) is 5.37. The van der Waals surface area contributed by atoms with Gasteiger partial charge in [-0.1, -0.05) is 161 Å². The van der Waals surface area contributed by atoms with Gasteiger partial charge in [-0.15, -0.1) is 0 Å². The van der Waals surface area contributed by atoms with Gasteiger partial charge in [-0.25, -0.2) is 0 Å². The van der Waals surface area contributed by atoms with Crippen LogP contribution in [0.2, 0.25) is 0 Å². The minimum Gasteiger partial charge on any atom is -0.463 e. The molecule has 43 heavy (non-hydrogen) atoms. The quantitative estimate of drug-likeness (QED) is 0.0447. The second-order valence-corrected chi connectivity index (χ2v) is 12.7. The van der Waals surface area contributed by atoms with Gasteiger partial charge in [0.2, 0.25) is 0 Å². The van der Waals surface area contributed by atoms with Crippen molar-refractivity contribution in [2.75, 3.05) is 13.2 Å². The molecule has 254 valence electrons. The Morgan fingerprint density at radius 3 is 1.07 bits per heavy atom. The highest BCUT2D eigenvalue weighted by Gasteiger charge is 2.12. The van der Waals surface area contributed by atoms with Gasteiger partial charge in [0.05, 0.1) is 0 Å². The number of hydrogen-bond acceptors (Lipinski definition) is 5. The molecule has 0 aromatic rings. The highest BCUT2D eigenvalue weighted by Crippen LogP contribution is 2.14. The number of allylic oxidation sites excluding steroid dienone is 2. The third-order valence-electron chi connectivity index (χ3n) is 8.25. The van der Waals surface area contributed by atoms with E-state index in [4.69, 9.17) is 9.47 Å². The fourth-order valence-corrected chi connectivity index (χ4v) is 5.37. The van der Waals surface area contributed by atoms with Crippen LogP contribution in [0.4, 0.5) is 0 Å². The molecular formula is C38H72O5. The molecule has 0 rings (SSSR count). The molecule has 0 saturated carbocycles. The number of carbonyl (C=O) groups excluding carboxylic acids is 2. The summed E-state index contributed by atoms with van der Waals surface area (Å²) in [7, 11) is 0. The van der Waals surface area contributed by atoms with E-state index in [0.29, 0.717) is 12.8 Å². The first-order chi connectivity index (χ1) is 21.1. The summed E-state index contributed by atoms with van der Waals surface area (Å²) in [5.41, 5.74) is 0. The zero-order valence-corrected chi connectivity index (χ0v) is 28.7. The molecule has 0 unspecified atom stereocenters. The van der Waals surface area contributed by atoms with E-state index in [2.05, 4.69) is 26.0 Å². The summed E-state index contributed by atoms with van der Waals surface area (Å²) in [5, 5.41) is 9.98. The molecule has 0 bridgehead atoms. The van der Waals surface area contributed by atoms with E-state index in [9.17, 15) is 14.7 Å². The van der Waals surface area contributed by atoms with Crippen LogP contribution in [-0.2, 0) is 19.1 Å². The molecule has 0 heterocycles. The average molecular weight is 609 g/mol. The maximum atomic E-state index is 11.9. The number of rotatable bonds is 34. The van der Waals surface area contributed by atoms with E-state index in [1.165, 1.54) is 141 Å². The number of aliphatic hydroxyl groups excluding tert-OH is 1. The van der Waals surface area contributed by atoms with Crippen LogP contribution in [0.5, 0.6) is 0 Å². The molecule has 0 fully saturated rings. The van der Waals surface area contributed by atoms with Crippen LogP contribution in [0.3, 0.4) is 0 Å². The fraction of sp³-hybridized carbons (Fsp3) is 0.895. The molecule has 0 aliphatic heterocycles. The normalized spacial score (nSPS) is 12.2. The standard InChI is InChI=1S/C38H72O5/c1-3-5-7-9-11-13-15-17-18-19-20-21-23-25-27-29-31-33-38(41)43-35-36(39)34-42-37(40)32-30-28-26-24-22-16-14-12-10-8-6-4-2/h17-18,36,39H,3-16,19-35H2,1-2H3/b18-17-/t36-/m1/s1. The van der Waals surface area contributed by atoms with Crippen molar-refractivity contribution >= 4 is 11.9 Å². The van der Waals surface area contributed by atoms with Crippen molar-refractivity contribution in [2.45, 2.75) is 206 Å². The summed E-state index contributed by atoms with van der Waals surface area (Å²) in [5.74, 6) is -0.563. The molecule has 0 aliphatic carbocycles. The third kappa shape index (κ3) is 35.0. The number of ether oxygens (including phenoxy) is 2. The molecule has 0 aromatic heterocycles. The first-order valence-corrected chi connectivity index (χ1v) is 18.7. The summed E-state index contributed by atoms with van der Waals surface area (Å²) in [4.78, 5) is 23.8. The molecule has 5 heteroatoms. The molecule has 0 spiro atoms. The highest BCUT2D eigenvalue weighted by molar-refractivity contribution is 5.69. The minimum absolute atomic E-state index is 0.112. The SMILES string of the molecule is CCCCCCCC/C=C\CCCCCCCCCC(=O)OC[C@H](O)COC(=O)CCCCCCCCCCCCCC. The summed E-state index contributed by atoms with van der Waals surface area (Å²) in [6.45, 7) is 4.30. The number of aliphatic hydroxyl groups is 1. The summed E-state index contributed by atoms with van der Waals surface area (Å²) >= 11 is 0. The van der Waals surface area contributed by atoms with E-state index in [-0.39, 0.29) is 25.2 Å². The molecule has 0 aliphatic rings. The maximum absolute atomic E-state index is 11.9. The Balaban J connectivity index is 3.41. The van der Waals surface area contributed by atoms with E-state index >= 15 is 0 Å². The Morgan fingerprint density at radius 1 is 0.465 bits per heavy atom. The summed E-state index contributed by atoms with van der Waals surface area (Å²) in [6.07, 6.45) is 38.3. The van der Waals surface area contributed by atoms with Gasteiger partial charge in [0, 0.05) is 12.8 Å². The number of carbonyl (C=O) groups is 2. The van der Waals surface area contributed by atoms with Crippen molar-refractivity contribution in [1.82, 2.24) is 0 Å². The number of unbranched alkanes of at least 4 members (excludes halogenated alkanes) is 24. The first kappa shape index (κ1) is 41.6. The van der Waals surface area contributed by atoms with E-state index < -0.39 is 6.10 Å². The van der Waals surface area contributed by atoms with Crippen molar-refractivity contribution in [3.8, 4) is 0 Å². The lowest BCUT2D eigenvalue weighted by Gasteiger charge is -2.12. The first-order valence-electron chi connectivity index (χ1n) is 18.7. The molecule has 0 radical (unpaired) electrons. The maximum Gasteiger partial charge on any atom is 0.305 e. The Kier molecular flexibility index (Phi) is 34.0. The Morgan fingerprint density at radius 2 is 0.744 bits per heavy atom. The molecule has 0 aromatic carbocycles. The second-order valence-electron chi connectivity index (χ2n) is 12.7. The molecule has 0 amide bonds. The van der Waals surface area contributed by atoms with Gasteiger partial charge < -0.3 is 14.6 Å². The smallest absolute Gasteiger partial charge is 0.305 e. The van der Waals surface area contributed by atoms with Gasteiger partial charge in [0.25, 0.3) is 0 Å². The third-order valence-corrected chi connectivity index (χ3v) is 8.25. The van der Waals surface area contributed by atoms with Crippen molar-refractivity contribution < 1.29 is 24.2 Å². The van der Waals surface area contributed by atoms with Crippen molar-refractivity contribution in [2.24, 2.45) is 0 Å². The minimum atomic E-state index is -0.958.